The Bertz CT molecular complexity index is 426. The van der Waals surface area contributed by atoms with Gasteiger partial charge in [0.15, 0.2) is 0 Å². The lowest BCUT2D eigenvalue weighted by Gasteiger charge is -2.26. The number of para-hydroxylation sites is 1. The summed E-state index contributed by atoms with van der Waals surface area (Å²) >= 11 is 0. The second-order valence-electron chi connectivity index (χ2n) is 5.21. The van der Waals surface area contributed by atoms with Crippen molar-refractivity contribution in [2.24, 2.45) is 5.92 Å². The lowest BCUT2D eigenvalue weighted by molar-refractivity contribution is -0.136. The molecule has 0 aromatic heterocycles. The number of hydrogen-bond donors (Lipinski definition) is 1. The van der Waals surface area contributed by atoms with Gasteiger partial charge in [-0.2, -0.15) is 0 Å². The van der Waals surface area contributed by atoms with Crippen molar-refractivity contribution in [1.29, 1.82) is 0 Å². The monoisotopic (exact) mass is 246 g/mol. The number of nitrogens with two attached hydrogens (primary N) is 1. The summed E-state index contributed by atoms with van der Waals surface area (Å²) in [5, 5.41) is 0. The molecule has 1 aromatic carbocycles. The molecular weight excluding hydrogens is 224 g/mol. The van der Waals surface area contributed by atoms with Crippen LogP contribution in [0.15, 0.2) is 24.3 Å². The van der Waals surface area contributed by atoms with Gasteiger partial charge in [0.2, 0.25) is 5.91 Å². The fourth-order valence-electron chi connectivity index (χ4n) is 2.09. The summed E-state index contributed by atoms with van der Waals surface area (Å²) in [5.74, 6) is 0.374. The van der Waals surface area contributed by atoms with E-state index in [9.17, 15) is 4.79 Å². The van der Waals surface area contributed by atoms with Gasteiger partial charge in [-0.25, -0.2) is 0 Å². The third-order valence-corrected chi connectivity index (χ3v) is 3.70. The van der Waals surface area contributed by atoms with Crippen LogP contribution < -0.4 is 5.73 Å². The molecule has 0 spiro atoms. The molecule has 0 aliphatic heterocycles. The maximum absolute atomic E-state index is 12.4. The Morgan fingerprint density at radius 3 is 2.67 bits per heavy atom. The molecule has 2 rings (SSSR count). The summed E-state index contributed by atoms with van der Waals surface area (Å²) in [6.07, 6.45) is 3.16. The largest absolute Gasteiger partial charge is 0.398 e. The van der Waals surface area contributed by atoms with Gasteiger partial charge in [-0.1, -0.05) is 32.0 Å². The van der Waals surface area contributed by atoms with Gasteiger partial charge in [-0.15, -0.1) is 0 Å². The van der Waals surface area contributed by atoms with Crippen LogP contribution in [0.2, 0.25) is 0 Å². The number of hydrogen-bond acceptors (Lipinski definition) is 2. The van der Waals surface area contributed by atoms with Gasteiger partial charge in [0.05, 0.1) is 0 Å². The van der Waals surface area contributed by atoms with Crippen molar-refractivity contribution < 1.29 is 4.79 Å². The first-order valence-corrected chi connectivity index (χ1v) is 6.77. The van der Waals surface area contributed by atoms with E-state index in [4.69, 9.17) is 5.73 Å². The van der Waals surface area contributed by atoms with Crippen LogP contribution in [0.1, 0.15) is 38.7 Å². The van der Waals surface area contributed by atoms with Gasteiger partial charge < -0.3 is 10.6 Å². The predicted molar refractivity (Wildman–Crippen MR) is 73.9 cm³/mol. The zero-order chi connectivity index (χ0) is 13.1. The summed E-state index contributed by atoms with van der Waals surface area (Å²) < 4.78 is 0. The standard InChI is InChI=1S/C15H22N2O/c1-3-11(2)15(18)17(13-8-9-13)10-12-6-4-5-7-14(12)16/h4-7,11,13H,3,8-10,16H2,1-2H3. The highest BCUT2D eigenvalue weighted by atomic mass is 16.2. The van der Waals surface area contributed by atoms with Crippen molar-refractivity contribution in [1.82, 2.24) is 4.90 Å². The van der Waals surface area contributed by atoms with E-state index in [0.29, 0.717) is 12.6 Å². The van der Waals surface area contributed by atoms with Crippen molar-refractivity contribution in [3.05, 3.63) is 29.8 Å². The van der Waals surface area contributed by atoms with Crippen LogP contribution in [-0.4, -0.2) is 16.8 Å². The number of nitrogen functional groups attached to an aromatic ring is 1. The van der Waals surface area contributed by atoms with Crippen LogP contribution >= 0.6 is 0 Å². The average Bonchev–Trinajstić information content (AvgIpc) is 3.20. The lowest BCUT2D eigenvalue weighted by atomic mass is 10.1. The first kappa shape index (κ1) is 12.9. The highest BCUT2D eigenvalue weighted by Gasteiger charge is 2.34. The minimum Gasteiger partial charge on any atom is -0.398 e. The maximum atomic E-state index is 12.4. The number of carbonyl (C=O) groups is 1. The molecule has 0 radical (unpaired) electrons. The van der Waals surface area contributed by atoms with Gasteiger partial charge in [0, 0.05) is 24.2 Å². The van der Waals surface area contributed by atoms with E-state index in [2.05, 4.69) is 6.92 Å². The Morgan fingerprint density at radius 1 is 1.44 bits per heavy atom. The van der Waals surface area contributed by atoms with Gasteiger partial charge in [0.1, 0.15) is 0 Å². The molecule has 1 atom stereocenters. The van der Waals surface area contributed by atoms with E-state index in [1.54, 1.807) is 0 Å². The topological polar surface area (TPSA) is 46.3 Å². The molecule has 3 nitrogen and oxygen atoms in total. The minimum atomic E-state index is 0.107. The Morgan fingerprint density at radius 2 is 2.11 bits per heavy atom. The highest BCUT2D eigenvalue weighted by Crippen LogP contribution is 2.31. The molecule has 1 saturated carbocycles. The van der Waals surface area contributed by atoms with E-state index in [0.717, 1.165) is 30.5 Å². The van der Waals surface area contributed by atoms with Gasteiger partial charge in [-0.3, -0.25) is 4.79 Å². The number of benzene rings is 1. The van der Waals surface area contributed by atoms with E-state index in [-0.39, 0.29) is 11.8 Å². The number of carbonyl (C=O) groups excluding carboxylic acids is 1. The van der Waals surface area contributed by atoms with Crippen molar-refractivity contribution in [3.8, 4) is 0 Å². The second-order valence-corrected chi connectivity index (χ2v) is 5.21. The normalized spacial score (nSPS) is 16.3. The SMILES string of the molecule is CCC(C)C(=O)N(Cc1ccccc1N)C1CC1. The molecule has 1 aromatic rings. The molecule has 18 heavy (non-hydrogen) atoms. The molecule has 1 amide bonds. The molecule has 3 heteroatoms. The van der Waals surface area contributed by atoms with Crippen LogP contribution in [-0.2, 0) is 11.3 Å². The number of nitrogens with zero attached hydrogens (tertiary/aromatic N) is 1. The predicted octanol–water partition coefficient (Wildman–Crippen LogP) is 2.81. The summed E-state index contributed by atoms with van der Waals surface area (Å²) in [6, 6.07) is 8.25. The highest BCUT2D eigenvalue weighted by molar-refractivity contribution is 5.79. The summed E-state index contributed by atoms with van der Waals surface area (Å²) in [7, 11) is 0. The van der Waals surface area contributed by atoms with E-state index < -0.39 is 0 Å². The molecule has 0 heterocycles. The number of amides is 1. The van der Waals surface area contributed by atoms with Crippen LogP contribution in [0.3, 0.4) is 0 Å². The van der Waals surface area contributed by atoms with Crippen LogP contribution in [0.25, 0.3) is 0 Å². The zero-order valence-electron chi connectivity index (χ0n) is 11.2. The summed E-state index contributed by atoms with van der Waals surface area (Å²) in [5.41, 5.74) is 7.79. The molecular formula is C15H22N2O. The Balaban J connectivity index is 2.12. The van der Waals surface area contributed by atoms with Crippen molar-refractivity contribution >= 4 is 11.6 Å². The zero-order valence-corrected chi connectivity index (χ0v) is 11.2. The summed E-state index contributed by atoms with van der Waals surface area (Å²) in [6.45, 7) is 4.72. The maximum Gasteiger partial charge on any atom is 0.225 e. The second kappa shape index (κ2) is 5.42. The first-order valence-electron chi connectivity index (χ1n) is 6.77. The number of rotatable bonds is 5. The Hall–Kier alpha value is -1.51. The average molecular weight is 246 g/mol. The van der Waals surface area contributed by atoms with Gasteiger partial charge in [0.25, 0.3) is 0 Å². The molecule has 0 bridgehead atoms. The minimum absolute atomic E-state index is 0.107. The molecule has 98 valence electrons. The van der Waals surface area contributed by atoms with Crippen LogP contribution in [0.4, 0.5) is 5.69 Å². The summed E-state index contributed by atoms with van der Waals surface area (Å²) in [4.78, 5) is 14.4. The third-order valence-electron chi connectivity index (χ3n) is 3.70. The molecule has 1 fully saturated rings. The fourth-order valence-corrected chi connectivity index (χ4v) is 2.09. The van der Waals surface area contributed by atoms with E-state index in [1.165, 1.54) is 0 Å². The van der Waals surface area contributed by atoms with Crippen molar-refractivity contribution in [3.63, 3.8) is 0 Å². The number of anilines is 1. The van der Waals surface area contributed by atoms with Crippen LogP contribution in [0.5, 0.6) is 0 Å². The molecule has 1 unspecified atom stereocenters. The smallest absolute Gasteiger partial charge is 0.225 e. The van der Waals surface area contributed by atoms with Gasteiger partial charge in [-0.05, 0) is 30.9 Å². The first-order chi connectivity index (χ1) is 8.63. The molecule has 1 aliphatic carbocycles. The van der Waals surface area contributed by atoms with Crippen molar-refractivity contribution in [2.45, 2.75) is 45.7 Å². The Labute approximate surface area is 109 Å². The molecule has 1 aliphatic rings. The van der Waals surface area contributed by atoms with Crippen molar-refractivity contribution in [2.75, 3.05) is 5.73 Å². The molecule has 0 saturated heterocycles. The Kier molecular flexibility index (Phi) is 3.90. The third kappa shape index (κ3) is 2.84. The lowest BCUT2D eigenvalue weighted by Crippen LogP contribution is -2.36. The van der Waals surface area contributed by atoms with E-state index in [1.807, 2.05) is 36.1 Å². The quantitative estimate of drug-likeness (QED) is 0.812. The fraction of sp³-hybridized carbons (Fsp3) is 0.533. The van der Waals surface area contributed by atoms with Crippen LogP contribution in [0, 0.1) is 5.92 Å². The van der Waals surface area contributed by atoms with E-state index >= 15 is 0 Å². The molecule has 2 N–H and O–H groups in total. The van der Waals surface area contributed by atoms with Gasteiger partial charge >= 0.3 is 0 Å².